The van der Waals surface area contributed by atoms with Crippen LogP contribution >= 0.6 is 24.0 Å². The second-order valence-corrected chi connectivity index (χ2v) is 8.27. The minimum Gasteiger partial charge on any atom is -0.372 e. The van der Waals surface area contributed by atoms with Gasteiger partial charge >= 0.3 is 0 Å². The third kappa shape index (κ3) is 7.48. The fraction of sp³-hybridized carbons (Fsp3) is 0.609. The Morgan fingerprint density at radius 1 is 1.10 bits per heavy atom. The number of benzene rings is 1. The van der Waals surface area contributed by atoms with Gasteiger partial charge < -0.3 is 15.5 Å². The number of rotatable bonds is 6. The zero-order chi connectivity index (χ0) is 19.8. The molecule has 0 saturated carbocycles. The van der Waals surface area contributed by atoms with Gasteiger partial charge in [-0.1, -0.05) is 25.1 Å². The molecule has 6 heteroatoms. The molecular weight excluding hydrogens is 473 g/mol. The maximum absolute atomic E-state index is 4.41. The Labute approximate surface area is 194 Å². The molecule has 2 aliphatic rings. The molecule has 0 amide bonds. The zero-order valence-corrected chi connectivity index (χ0v) is 20.4. The number of guanidine groups is 1. The van der Waals surface area contributed by atoms with E-state index in [2.05, 4.69) is 63.2 Å². The van der Waals surface area contributed by atoms with Gasteiger partial charge in [0.1, 0.15) is 0 Å². The van der Waals surface area contributed by atoms with Gasteiger partial charge in [-0.2, -0.15) is 0 Å². The average molecular weight is 511 g/mol. The third-order valence-electron chi connectivity index (χ3n) is 6.08. The maximum Gasteiger partial charge on any atom is 0.191 e. The Balaban J connectivity index is 0.00000300. The molecule has 0 unspecified atom stereocenters. The quantitative estimate of drug-likeness (QED) is 0.264. The molecule has 0 atom stereocenters. The first-order chi connectivity index (χ1) is 13.7. The summed E-state index contributed by atoms with van der Waals surface area (Å²) >= 11 is 0. The molecule has 2 saturated heterocycles. The zero-order valence-electron chi connectivity index (χ0n) is 18.1. The van der Waals surface area contributed by atoms with Gasteiger partial charge in [0.15, 0.2) is 5.96 Å². The lowest BCUT2D eigenvalue weighted by atomic mass is 9.99. The van der Waals surface area contributed by atoms with Crippen molar-refractivity contribution in [1.82, 2.24) is 15.5 Å². The summed E-state index contributed by atoms with van der Waals surface area (Å²) in [5.74, 6) is 1.77. The molecule has 5 nitrogen and oxygen atoms in total. The van der Waals surface area contributed by atoms with Crippen LogP contribution in [0.4, 0.5) is 5.69 Å². The van der Waals surface area contributed by atoms with Crippen LogP contribution in [0.5, 0.6) is 0 Å². The van der Waals surface area contributed by atoms with Gasteiger partial charge in [0.05, 0.1) is 0 Å². The molecule has 162 valence electrons. The van der Waals surface area contributed by atoms with Gasteiger partial charge in [0.2, 0.25) is 0 Å². The number of anilines is 1. The van der Waals surface area contributed by atoms with E-state index in [0.29, 0.717) is 6.04 Å². The van der Waals surface area contributed by atoms with Gasteiger partial charge in [-0.15, -0.1) is 30.6 Å². The summed E-state index contributed by atoms with van der Waals surface area (Å²) in [4.78, 5) is 9.37. The number of hydrogen-bond acceptors (Lipinski definition) is 3. The summed E-state index contributed by atoms with van der Waals surface area (Å²) in [6.45, 7) is 12.6. The molecule has 3 rings (SSSR count). The number of likely N-dealkylation sites (tertiary alicyclic amines) is 1. The molecule has 1 aromatic rings. The van der Waals surface area contributed by atoms with Gasteiger partial charge in [0, 0.05) is 58.0 Å². The highest BCUT2D eigenvalue weighted by Gasteiger charge is 2.19. The molecule has 0 aromatic heterocycles. The van der Waals surface area contributed by atoms with E-state index in [-0.39, 0.29) is 24.0 Å². The minimum absolute atomic E-state index is 0. The van der Waals surface area contributed by atoms with Gasteiger partial charge in [-0.25, -0.2) is 0 Å². The molecule has 0 radical (unpaired) electrons. The topological polar surface area (TPSA) is 42.9 Å². The van der Waals surface area contributed by atoms with E-state index in [1.54, 1.807) is 0 Å². The Morgan fingerprint density at radius 3 is 2.34 bits per heavy atom. The molecule has 0 bridgehead atoms. The van der Waals surface area contributed by atoms with Crippen LogP contribution in [-0.4, -0.2) is 56.7 Å². The Kier molecular flexibility index (Phi) is 10.3. The highest BCUT2D eigenvalue weighted by atomic mass is 127. The standard InChI is InChI=1S/C23H37N5.HI/c1-4-13-27-14-11-21(12-15-27)26-23(24-3)25-18-20-5-7-22(8-6-20)28-16-9-19(2)10-17-28;/h4-8,19,21H,1,9-18H2,2-3H3,(H2,24,25,26);1H. The number of piperidine rings is 2. The molecule has 29 heavy (non-hydrogen) atoms. The van der Waals surface area contributed by atoms with E-state index in [1.807, 2.05) is 13.1 Å². The van der Waals surface area contributed by atoms with Crippen molar-refractivity contribution in [2.45, 2.75) is 45.2 Å². The van der Waals surface area contributed by atoms with Crippen molar-refractivity contribution in [3.05, 3.63) is 42.5 Å². The van der Waals surface area contributed by atoms with E-state index in [4.69, 9.17) is 0 Å². The van der Waals surface area contributed by atoms with Crippen LogP contribution < -0.4 is 15.5 Å². The molecular formula is C23H38IN5. The molecule has 2 N–H and O–H groups in total. The first-order valence-corrected chi connectivity index (χ1v) is 10.8. The fourth-order valence-corrected chi connectivity index (χ4v) is 4.11. The summed E-state index contributed by atoms with van der Waals surface area (Å²) < 4.78 is 0. The normalized spacial score (nSPS) is 19.5. The van der Waals surface area contributed by atoms with Gasteiger partial charge in [-0.3, -0.25) is 9.89 Å². The third-order valence-corrected chi connectivity index (χ3v) is 6.08. The van der Waals surface area contributed by atoms with Crippen LogP contribution in [0.15, 0.2) is 41.9 Å². The number of halogens is 1. The van der Waals surface area contributed by atoms with Crippen molar-refractivity contribution in [1.29, 1.82) is 0 Å². The van der Waals surface area contributed by atoms with Crippen LogP contribution in [0.25, 0.3) is 0 Å². The number of hydrogen-bond donors (Lipinski definition) is 2. The van der Waals surface area contributed by atoms with Crippen molar-refractivity contribution in [2.75, 3.05) is 44.7 Å². The summed E-state index contributed by atoms with van der Waals surface area (Å²) in [7, 11) is 1.85. The first kappa shape index (κ1) is 24.0. The molecule has 2 aliphatic heterocycles. The molecule has 2 fully saturated rings. The van der Waals surface area contributed by atoms with Crippen LogP contribution in [0, 0.1) is 5.92 Å². The Bertz CT molecular complexity index is 629. The lowest BCUT2D eigenvalue weighted by molar-refractivity contribution is 0.225. The minimum atomic E-state index is 0. The van der Waals surface area contributed by atoms with Crippen LogP contribution in [0.2, 0.25) is 0 Å². The summed E-state index contributed by atoms with van der Waals surface area (Å²) in [6.07, 6.45) is 6.90. The van der Waals surface area contributed by atoms with E-state index in [0.717, 1.165) is 50.9 Å². The molecule has 0 aliphatic carbocycles. The average Bonchev–Trinajstić information content (AvgIpc) is 2.73. The van der Waals surface area contributed by atoms with E-state index < -0.39 is 0 Å². The fourth-order valence-electron chi connectivity index (χ4n) is 4.11. The van der Waals surface area contributed by atoms with Crippen LogP contribution in [-0.2, 0) is 6.54 Å². The molecule has 2 heterocycles. The van der Waals surface area contributed by atoms with Gasteiger partial charge in [-0.05, 0) is 49.3 Å². The number of nitrogens with one attached hydrogen (secondary N) is 2. The monoisotopic (exact) mass is 511 g/mol. The lowest BCUT2D eigenvalue weighted by Gasteiger charge is -2.32. The predicted octanol–water partition coefficient (Wildman–Crippen LogP) is 3.86. The van der Waals surface area contributed by atoms with E-state index in [1.165, 1.54) is 37.2 Å². The van der Waals surface area contributed by atoms with Gasteiger partial charge in [0.25, 0.3) is 0 Å². The Morgan fingerprint density at radius 2 is 1.76 bits per heavy atom. The van der Waals surface area contributed by atoms with E-state index >= 15 is 0 Å². The van der Waals surface area contributed by atoms with Crippen molar-refractivity contribution in [3.63, 3.8) is 0 Å². The van der Waals surface area contributed by atoms with Crippen molar-refractivity contribution >= 4 is 35.6 Å². The second kappa shape index (κ2) is 12.4. The number of aliphatic imine (C=N–C) groups is 1. The summed E-state index contributed by atoms with van der Waals surface area (Å²) in [5, 5.41) is 7.05. The summed E-state index contributed by atoms with van der Waals surface area (Å²) in [5.41, 5.74) is 2.64. The highest BCUT2D eigenvalue weighted by molar-refractivity contribution is 14.0. The van der Waals surface area contributed by atoms with Crippen molar-refractivity contribution in [2.24, 2.45) is 10.9 Å². The molecule has 0 spiro atoms. The predicted molar refractivity (Wildman–Crippen MR) is 135 cm³/mol. The molecule has 1 aromatic carbocycles. The maximum atomic E-state index is 4.41. The Hall–Kier alpha value is -1.28. The smallest absolute Gasteiger partial charge is 0.191 e. The second-order valence-electron chi connectivity index (χ2n) is 8.27. The SMILES string of the molecule is C=CCN1CCC(NC(=NC)NCc2ccc(N3CCC(C)CC3)cc2)CC1.I. The van der Waals surface area contributed by atoms with Crippen molar-refractivity contribution in [3.8, 4) is 0 Å². The van der Waals surface area contributed by atoms with Crippen LogP contribution in [0.3, 0.4) is 0 Å². The highest BCUT2D eigenvalue weighted by Crippen LogP contribution is 2.23. The van der Waals surface area contributed by atoms with Crippen molar-refractivity contribution < 1.29 is 0 Å². The summed E-state index contributed by atoms with van der Waals surface area (Å²) in [6, 6.07) is 9.50. The first-order valence-electron chi connectivity index (χ1n) is 10.8. The van der Waals surface area contributed by atoms with Crippen LogP contribution in [0.1, 0.15) is 38.2 Å². The lowest BCUT2D eigenvalue weighted by Crippen LogP contribution is -2.48. The number of nitrogens with zero attached hydrogens (tertiary/aromatic N) is 3. The largest absolute Gasteiger partial charge is 0.372 e. The van der Waals surface area contributed by atoms with E-state index in [9.17, 15) is 0 Å².